The van der Waals surface area contributed by atoms with E-state index in [4.69, 9.17) is 9.47 Å². The first-order valence-corrected chi connectivity index (χ1v) is 7.69. The van der Waals surface area contributed by atoms with Crippen LogP contribution in [-0.4, -0.2) is 12.6 Å². The van der Waals surface area contributed by atoms with Crippen LogP contribution in [0.5, 0.6) is 5.75 Å². The van der Waals surface area contributed by atoms with Gasteiger partial charge in [-0.25, -0.2) is 4.79 Å². The fraction of sp³-hybridized carbons (Fsp3) is 0.200. The van der Waals surface area contributed by atoms with Crippen molar-refractivity contribution in [2.75, 3.05) is 6.61 Å². The lowest BCUT2D eigenvalue weighted by Crippen LogP contribution is -2.07. The highest BCUT2D eigenvalue weighted by Gasteiger charge is 2.11. The molecule has 4 heteroatoms. The van der Waals surface area contributed by atoms with Crippen LogP contribution >= 0.6 is 0 Å². The van der Waals surface area contributed by atoms with Gasteiger partial charge in [0.2, 0.25) is 0 Å². The molecule has 2 aromatic carbocycles. The van der Waals surface area contributed by atoms with Crippen molar-refractivity contribution in [2.45, 2.75) is 20.5 Å². The summed E-state index contributed by atoms with van der Waals surface area (Å²) in [5.41, 5.74) is 2.69. The number of carbonyl (C=O) groups excluding carboxylic acids is 1. The number of nitrogens with zero attached hydrogens (tertiary/aromatic N) is 1. The zero-order chi connectivity index (χ0) is 17.4. The Bertz CT molecular complexity index is 770. The topological polar surface area (TPSA) is 59.3 Å². The van der Waals surface area contributed by atoms with Crippen LogP contribution in [0, 0.1) is 18.3 Å². The zero-order valence-electron chi connectivity index (χ0n) is 13.8. The Kier molecular flexibility index (Phi) is 6.16. The molecule has 2 rings (SSSR count). The molecule has 0 fully saturated rings. The third kappa shape index (κ3) is 4.99. The van der Waals surface area contributed by atoms with Crippen molar-refractivity contribution < 1.29 is 14.3 Å². The van der Waals surface area contributed by atoms with E-state index in [1.165, 1.54) is 6.08 Å². The number of hydrogen-bond donors (Lipinski definition) is 0. The second-order valence-electron chi connectivity index (χ2n) is 5.24. The van der Waals surface area contributed by atoms with Gasteiger partial charge in [0, 0.05) is 0 Å². The molecule has 0 radical (unpaired) electrons. The lowest BCUT2D eigenvalue weighted by Gasteiger charge is -2.05. The van der Waals surface area contributed by atoms with Crippen LogP contribution in [0.2, 0.25) is 0 Å². The zero-order valence-corrected chi connectivity index (χ0v) is 13.8. The van der Waals surface area contributed by atoms with Crippen molar-refractivity contribution in [1.82, 2.24) is 0 Å². The molecular formula is C20H19NO3. The largest absolute Gasteiger partial charge is 0.494 e. The molecule has 4 nitrogen and oxygen atoms in total. The molecule has 0 heterocycles. The van der Waals surface area contributed by atoms with E-state index in [1.54, 1.807) is 24.3 Å². The summed E-state index contributed by atoms with van der Waals surface area (Å²) < 4.78 is 10.6. The molecule has 0 bridgehead atoms. The first-order valence-electron chi connectivity index (χ1n) is 7.69. The maximum Gasteiger partial charge on any atom is 0.349 e. The predicted molar refractivity (Wildman–Crippen MR) is 92.2 cm³/mol. The summed E-state index contributed by atoms with van der Waals surface area (Å²) in [4.78, 5) is 12.1. The Morgan fingerprint density at radius 1 is 1.21 bits per heavy atom. The van der Waals surface area contributed by atoms with Crippen LogP contribution in [0.15, 0.2) is 54.1 Å². The van der Waals surface area contributed by atoms with Gasteiger partial charge in [-0.05, 0) is 43.2 Å². The standard InChI is InChI=1S/C20H19NO3/c1-3-23-19-9-7-16(8-10-19)12-18(13-21)20(22)24-14-17-6-4-5-15(2)11-17/h4-12H,3,14H2,1-2H3/b18-12+. The fourth-order valence-corrected chi connectivity index (χ4v) is 2.16. The summed E-state index contributed by atoms with van der Waals surface area (Å²) in [6.07, 6.45) is 1.51. The van der Waals surface area contributed by atoms with Gasteiger partial charge < -0.3 is 9.47 Å². The molecule has 0 aliphatic carbocycles. The molecule has 122 valence electrons. The van der Waals surface area contributed by atoms with Gasteiger partial charge in [-0.1, -0.05) is 42.0 Å². The van der Waals surface area contributed by atoms with Crippen LogP contribution in [-0.2, 0) is 16.1 Å². The number of hydrogen-bond acceptors (Lipinski definition) is 4. The molecular weight excluding hydrogens is 302 g/mol. The number of rotatable bonds is 6. The first kappa shape index (κ1) is 17.3. The van der Waals surface area contributed by atoms with Crippen molar-refractivity contribution in [3.63, 3.8) is 0 Å². The smallest absolute Gasteiger partial charge is 0.349 e. The van der Waals surface area contributed by atoms with Crippen LogP contribution in [0.3, 0.4) is 0 Å². The van der Waals surface area contributed by atoms with Gasteiger partial charge in [0.25, 0.3) is 0 Å². The summed E-state index contributed by atoms with van der Waals surface area (Å²) in [6.45, 7) is 4.61. The van der Waals surface area contributed by atoms with Gasteiger partial charge >= 0.3 is 5.97 Å². The number of benzene rings is 2. The van der Waals surface area contributed by atoms with Crippen molar-refractivity contribution in [3.05, 3.63) is 70.8 Å². The van der Waals surface area contributed by atoms with E-state index in [-0.39, 0.29) is 12.2 Å². The first-order chi connectivity index (χ1) is 11.6. The minimum Gasteiger partial charge on any atom is -0.494 e. The van der Waals surface area contributed by atoms with Gasteiger partial charge in [0.15, 0.2) is 0 Å². The van der Waals surface area contributed by atoms with Crippen LogP contribution in [0.25, 0.3) is 6.08 Å². The highest BCUT2D eigenvalue weighted by Crippen LogP contribution is 2.15. The third-order valence-corrected chi connectivity index (χ3v) is 3.29. The van der Waals surface area contributed by atoms with Crippen molar-refractivity contribution in [3.8, 4) is 11.8 Å². The number of nitriles is 1. The number of carbonyl (C=O) groups is 1. The summed E-state index contributed by atoms with van der Waals surface area (Å²) in [5, 5.41) is 9.19. The molecule has 0 aliphatic rings. The molecule has 0 N–H and O–H groups in total. The maximum atomic E-state index is 12.1. The van der Waals surface area contributed by atoms with Gasteiger partial charge in [-0.3, -0.25) is 0 Å². The Hall–Kier alpha value is -3.06. The van der Waals surface area contributed by atoms with E-state index in [2.05, 4.69) is 0 Å². The second-order valence-corrected chi connectivity index (χ2v) is 5.24. The van der Waals surface area contributed by atoms with E-state index in [0.717, 1.165) is 22.4 Å². The highest BCUT2D eigenvalue weighted by molar-refractivity contribution is 5.97. The van der Waals surface area contributed by atoms with E-state index in [0.29, 0.717) is 6.61 Å². The lowest BCUT2D eigenvalue weighted by atomic mass is 10.1. The Morgan fingerprint density at radius 2 is 1.96 bits per heavy atom. The summed E-state index contributed by atoms with van der Waals surface area (Å²) >= 11 is 0. The van der Waals surface area contributed by atoms with Gasteiger partial charge in [-0.2, -0.15) is 5.26 Å². The van der Waals surface area contributed by atoms with Crippen molar-refractivity contribution in [1.29, 1.82) is 5.26 Å². The molecule has 0 aliphatic heterocycles. The van der Waals surface area contributed by atoms with Crippen LogP contribution in [0.1, 0.15) is 23.6 Å². The van der Waals surface area contributed by atoms with Crippen LogP contribution in [0.4, 0.5) is 0 Å². The molecule has 2 aromatic rings. The maximum absolute atomic E-state index is 12.1. The molecule has 0 amide bonds. The second kappa shape index (κ2) is 8.54. The SMILES string of the molecule is CCOc1ccc(/C=C(\C#N)C(=O)OCc2cccc(C)c2)cc1. The summed E-state index contributed by atoms with van der Waals surface area (Å²) in [6, 6.07) is 16.7. The molecule has 0 aromatic heterocycles. The van der Waals surface area contributed by atoms with E-state index >= 15 is 0 Å². The molecule has 0 unspecified atom stereocenters. The van der Waals surface area contributed by atoms with Gasteiger partial charge in [0.1, 0.15) is 24.0 Å². The highest BCUT2D eigenvalue weighted by atomic mass is 16.5. The summed E-state index contributed by atoms with van der Waals surface area (Å²) in [7, 11) is 0. The lowest BCUT2D eigenvalue weighted by molar-refractivity contribution is -0.139. The van der Waals surface area contributed by atoms with Crippen molar-refractivity contribution in [2.24, 2.45) is 0 Å². The fourth-order valence-electron chi connectivity index (χ4n) is 2.16. The normalized spacial score (nSPS) is 10.8. The average molecular weight is 321 g/mol. The van der Waals surface area contributed by atoms with Crippen LogP contribution < -0.4 is 4.74 Å². The average Bonchev–Trinajstić information content (AvgIpc) is 2.59. The summed E-state index contributed by atoms with van der Waals surface area (Å²) in [5.74, 6) is 0.114. The minimum atomic E-state index is -0.632. The Morgan fingerprint density at radius 3 is 2.58 bits per heavy atom. The van der Waals surface area contributed by atoms with E-state index in [1.807, 2.05) is 44.2 Å². The molecule has 0 saturated heterocycles. The van der Waals surface area contributed by atoms with Gasteiger partial charge in [0.05, 0.1) is 6.61 Å². The molecule has 0 saturated carbocycles. The molecule has 0 spiro atoms. The number of aryl methyl sites for hydroxylation is 1. The van der Waals surface area contributed by atoms with Gasteiger partial charge in [-0.15, -0.1) is 0 Å². The third-order valence-electron chi connectivity index (χ3n) is 3.29. The van der Waals surface area contributed by atoms with E-state index < -0.39 is 5.97 Å². The predicted octanol–water partition coefficient (Wildman–Crippen LogP) is 4.04. The molecule has 24 heavy (non-hydrogen) atoms. The molecule has 0 atom stereocenters. The monoisotopic (exact) mass is 321 g/mol. The Balaban J connectivity index is 2.04. The minimum absolute atomic E-state index is 0.0354. The van der Waals surface area contributed by atoms with Crippen molar-refractivity contribution >= 4 is 12.0 Å². The number of esters is 1. The number of ether oxygens (including phenoxy) is 2. The Labute approximate surface area is 141 Å². The van der Waals surface area contributed by atoms with E-state index in [9.17, 15) is 10.1 Å². The quantitative estimate of drug-likeness (QED) is 0.457.